The number of hydrogen-bond donors (Lipinski definition) is 0. The molecule has 2 saturated carbocycles. The van der Waals surface area contributed by atoms with Gasteiger partial charge in [-0.15, -0.1) is 18.5 Å². The fourth-order valence-electron chi connectivity index (χ4n) is 8.44. The van der Waals surface area contributed by atoms with Crippen LogP contribution in [-0.2, 0) is 35.0 Å². The maximum absolute atomic E-state index is 13.7. The van der Waals surface area contributed by atoms with E-state index in [0.717, 1.165) is 48.5 Å². The van der Waals surface area contributed by atoms with Gasteiger partial charge in [0.1, 0.15) is 0 Å². The zero-order valence-corrected chi connectivity index (χ0v) is 28.7. The highest BCUT2D eigenvalue weighted by Gasteiger charge is 2.61. The van der Waals surface area contributed by atoms with Crippen LogP contribution in [0.15, 0.2) is 97.1 Å². The number of alkyl halides is 12. The molecule has 4 aromatic rings. The van der Waals surface area contributed by atoms with Gasteiger partial charge in [-0.25, -0.2) is 0 Å². The summed E-state index contributed by atoms with van der Waals surface area (Å²) < 4.78 is 164. The second kappa shape index (κ2) is 12.8. The second-order valence-corrected chi connectivity index (χ2v) is 15.2. The van der Waals surface area contributed by atoms with Crippen LogP contribution in [0, 0.1) is 23.7 Å². The van der Waals surface area contributed by atoms with Gasteiger partial charge in [0, 0.05) is 10.3 Å². The van der Waals surface area contributed by atoms with Crippen molar-refractivity contribution in [3.05, 3.63) is 142 Å². The predicted molar refractivity (Wildman–Crippen MR) is 175 cm³/mol. The summed E-state index contributed by atoms with van der Waals surface area (Å²) in [7, 11) is 5.38. The average molecular weight is 765 g/mol. The molecule has 14 heteroatoms. The van der Waals surface area contributed by atoms with Gasteiger partial charge in [0.25, 0.3) is 0 Å². The van der Waals surface area contributed by atoms with E-state index in [4.69, 9.17) is 0 Å². The highest BCUT2D eigenvalue weighted by atomic mass is 31.0. The summed E-state index contributed by atoms with van der Waals surface area (Å²) in [5.74, 6) is -1.44. The summed E-state index contributed by atoms with van der Waals surface area (Å²) in [4.78, 5) is 0. The van der Waals surface area contributed by atoms with E-state index < -0.39 is 69.1 Å². The fourth-order valence-corrected chi connectivity index (χ4v) is 10.2. The lowest BCUT2D eigenvalue weighted by Gasteiger charge is -2.52. The van der Waals surface area contributed by atoms with Crippen molar-refractivity contribution in [1.82, 2.24) is 0 Å². The van der Waals surface area contributed by atoms with Crippen LogP contribution in [0.5, 0.6) is 0 Å². The zero-order valence-electron chi connectivity index (χ0n) is 26.4. The van der Waals surface area contributed by atoms with E-state index in [1.54, 1.807) is 0 Å². The van der Waals surface area contributed by atoms with Crippen LogP contribution >= 0.6 is 18.5 Å². The molecular weight excluding hydrogens is 734 g/mol. The van der Waals surface area contributed by atoms with Crippen molar-refractivity contribution in [3.63, 3.8) is 0 Å². The van der Waals surface area contributed by atoms with Crippen LogP contribution in [0.4, 0.5) is 52.7 Å². The Labute approximate surface area is 290 Å². The molecule has 0 radical (unpaired) electrons. The SMILES string of the molecule is FC(F)(F)c1ccc(C(P)(c2ccc(C(F)(F)F)cc2)C2C3CCC(C3)C2C(P)(c2ccc(C(F)(F)F)cc2)c2ccc(C(F)(F)F)cc2)cc1. The van der Waals surface area contributed by atoms with E-state index in [1.165, 1.54) is 48.5 Å². The first-order valence-electron chi connectivity index (χ1n) is 15.8. The monoisotopic (exact) mass is 764 g/mol. The lowest BCUT2D eigenvalue weighted by Crippen LogP contribution is -2.47. The largest absolute Gasteiger partial charge is 0.416 e. The normalized spacial score (nSPS) is 21.7. The molecule has 51 heavy (non-hydrogen) atoms. The van der Waals surface area contributed by atoms with E-state index in [-0.39, 0.29) is 11.8 Å². The summed E-state index contributed by atoms with van der Waals surface area (Å²) >= 11 is 0. The van der Waals surface area contributed by atoms with Gasteiger partial charge in [-0.1, -0.05) is 48.5 Å². The summed E-state index contributed by atoms with van der Waals surface area (Å²) in [6.07, 6.45) is -16.8. The molecule has 0 N–H and O–H groups in total. The molecule has 2 fully saturated rings. The number of rotatable bonds is 6. The molecule has 2 bridgehead atoms. The van der Waals surface area contributed by atoms with Gasteiger partial charge in [-0.05, 0) is 114 Å². The van der Waals surface area contributed by atoms with Gasteiger partial charge in [0.15, 0.2) is 0 Å². The minimum absolute atomic E-state index is 0.147. The number of halogens is 12. The lowest BCUT2D eigenvalue weighted by molar-refractivity contribution is -0.138. The first kappa shape index (κ1) is 37.7. The van der Waals surface area contributed by atoms with Gasteiger partial charge in [0.05, 0.1) is 22.3 Å². The summed E-state index contributed by atoms with van der Waals surface area (Å²) in [6, 6.07) is 17.3. The Morgan fingerprint density at radius 2 is 0.510 bits per heavy atom. The Hall–Kier alpha value is -3.10. The standard InChI is InChI=1S/C37H30F12P2/c38-34(39,40)26-11-3-22(4-12-26)32(50,23-5-13-27(14-6-23)35(41,42)43)30-20-1-2-21(19-20)31(30)33(51,24-7-15-28(16-8-24)36(44,45)46)25-9-17-29(18-10-25)37(47,48)49/h3-18,20-21,30-31H,1-2,19,50-51H2. The van der Waals surface area contributed by atoms with Crippen molar-refractivity contribution in [2.24, 2.45) is 23.7 Å². The summed E-state index contributed by atoms with van der Waals surface area (Å²) in [6.45, 7) is 0. The van der Waals surface area contributed by atoms with Crippen LogP contribution in [0.2, 0.25) is 0 Å². The van der Waals surface area contributed by atoms with Crippen LogP contribution in [0.3, 0.4) is 0 Å². The minimum atomic E-state index is -4.67. The maximum atomic E-state index is 13.7. The van der Waals surface area contributed by atoms with Crippen LogP contribution in [-0.4, -0.2) is 0 Å². The first-order valence-corrected chi connectivity index (χ1v) is 17.0. The van der Waals surface area contributed by atoms with E-state index in [1.807, 2.05) is 0 Å². The molecule has 2 aliphatic rings. The van der Waals surface area contributed by atoms with E-state index in [0.29, 0.717) is 41.5 Å². The van der Waals surface area contributed by atoms with Crippen molar-refractivity contribution < 1.29 is 52.7 Å². The lowest BCUT2D eigenvalue weighted by atomic mass is 9.60. The third kappa shape index (κ3) is 6.80. The molecular formula is C37H30F12P2. The topological polar surface area (TPSA) is 0 Å². The molecule has 0 nitrogen and oxygen atoms in total. The summed E-state index contributed by atoms with van der Waals surface area (Å²) in [5.41, 5.74) is -2.39. The molecule has 0 amide bonds. The Morgan fingerprint density at radius 1 is 0.333 bits per heavy atom. The van der Waals surface area contributed by atoms with Gasteiger partial charge < -0.3 is 0 Å². The zero-order chi connectivity index (χ0) is 37.4. The average Bonchev–Trinajstić information content (AvgIpc) is 3.69. The van der Waals surface area contributed by atoms with Crippen LogP contribution in [0.1, 0.15) is 63.8 Å². The van der Waals surface area contributed by atoms with E-state index >= 15 is 0 Å². The third-order valence-corrected chi connectivity index (χ3v) is 12.8. The van der Waals surface area contributed by atoms with Gasteiger partial charge in [-0.3, -0.25) is 0 Å². The quantitative estimate of drug-likeness (QED) is 0.136. The second-order valence-electron chi connectivity index (χ2n) is 13.4. The molecule has 6 atom stereocenters. The van der Waals surface area contributed by atoms with Gasteiger partial charge in [0.2, 0.25) is 0 Å². The third-order valence-electron chi connectivity index (χ3n) is 10.7. The molecule has 6 unspecified atom stereocenters. The van der Waals surface area contributed by atoms with Crippen molar-refractivity contribution in [2.45, 2.75) is 54.3 Å². The van der Waals surface area contributed by atoms with Crippen molar-refractivity contribution >= 4 is 18.5 Å². The molecule has 4 aromatic carbocycles. The van der Waals surface area contributed by atoms with Crippen LogP contribution in [0.25, 0.3) is 0 Å². The van der Waals surface area contributed by atoms with E-state index in [9.17, 15) is 52.7 Å². The predicted octanol–water partition coefficient (Wildman–Crippen LogP) is 12.4. The fraction of sp³-hybridized carbons (Fsp3) is 0.351. The molecule has 272 valence electrons. The van der Waals surface area contributed by atoms with Gasteiger partial charge in [-0.2, -0.15) is 52.7 Å². The number of fused-ring (bicyclic) bond motifs is 2. The maximum Gasteiger partial charge on any atom is 0.416 e. The van der Waals surface area contributed by atoms with Crippen molar-refractivity contribution in [1.29, 1.82) is 0 Å². The highest BCUT2D eigenvalue weighted by molar-refractivity contribution is 7.19. The first-order chi connectivity index (χ1) is 23.6. The number of benzene rings is 4. The summed E-state index contributed by atoms with van der Waals surface area (Å²) in [5, 5.41) is -2.67. The molecule has 0 aromatic heterocycles. The van der Waals surface area contributed by atoms with Gasteiger partial charge >= 0.3 is 24.7 Å². The smallest absolute Gasteiger partial charge is 0.166 e. The Kier molecular flexibility index (Phi) is 9.44. The highest BCUT2D eigenvalue weighted by Crippen LogP contribution is 2.69. The molecule has 6 rings (SSSR count). The Morgan fingerprint density at radius 3 is 0.686 bits per heavy atom. The van der Waals surface area contributed by atoms with Crippen molar-refractivity contribution in [3.8, 4) is 0 Å². The molecule has 0 spiro atoms. The minimum Gasteiger partial charge on any atom is -0.166 e. The molecule has 2 aliphatic carbocycles. The Balaban J connectivity index is 1.59. The Bertz CT molecular complexity index is 1590. The number of hydrogen-bond acceptors (Lipinski definition) is 0. The molecule has 0 saturated heterocycles. The molecule has 0 aliphatic heterocycles. The molecule has 0 heterocycles. The van der Waals surface area contributed by atoms with Crippen LogP contribution < -0.4 is 0 Å². The van der Waals surface area contributed by atoms with Crippen molar-refractivity contribution in [2.75, 3.05) is 0 Å². The van der Waals surface area contributed by atoms with E-state index in [2.05, 4.69) is 18.5 Å².